The lowest BCUT2D eigenvalue weighted by Gasteiger charge is -2.19. The second-order valence-corrected chi connectivity index (χ2v) is 4.04. The molecule has 0 spiro atoms. The molecule has 7 heteroatoms. The van der Waals surface area contributed by atoms with E-state index in [1.807, 2.05) is 13.8 Å². The van der Waals surface area contributed by atoms with Gasteiger partial charge in [0.1, 0.15) is 6.04 Å². The monoisotopic (exact) mass is 262 g/mol. The van der Waals surface area contributed by atoms with Crippen LogP contribution in [0, 0.1) is 0 Å². The lowest BCUT2D eigenvalue weighted by Crippen LogP contribution is -2.48. The molecule has 0 radical (unpaired) electrons. The van der Waals surface area contributed by atoms with E-state index in [4.69, 9.17) is 12.2 Å². The Balaban J connectivity index is 4.43. The second-order valence-electron chi connectivity index (χ2n) is 3.63. The first-order valence-corrected chi connectivity index (χ1v) is 5.53. The molecular formula is C10H18N2O4S. The molecule has 0 saturated carbocycles. The fourth-order valence-electron chi connectivity index (χ4n) is 1.05. The first-order valence-electron chi connectivity index (χ1n) is 5.12. The number of hydrogen-bond acceptors (Lipinski definition) is 5. The SMILES string of the molecule is COC(=O)CC(NC(=S)NC(C)C)C(=O)OC. The van der Waals surface area contributed by atoms with Crippen molar-refractivity contribution >= 4 is 29.3 Å². The van der Waals surface area contributed by atoms with Crippen molar-refractivity contribution in [3.63, 3.8) is 0 Å². The average molecular weight is 262 g/mol. The van der Waals surface area contributed by atoms with Crippen molar-refractivity contribution in [3.05, 3.63) is 0 Å². The van der Waals surface area contributed by atoms with E-state index in [-0.39, 0.29) is 12.5 Å². The summed E-state index contributed by atoms with van der Waals surface area (Å²) in [5.74, 6) is -1.08. The molecule has 0 fully saturated rings. The lowest BCUT2D eigenvalue weighted by molar-refractivity contribution is -0.149. The number of nitrogens with one attached hydrogen (secondary N) is 2. The maximum Gasteiger partial charge on any atom is 0.328 e. The van der Waals surface area contributed by atoms with Gasteiger partial charge in [-0.15, -0.1) is 0 Å². The Hall–Kier alpha value is -1.37. The quantitative estimate of drug-likeness (QED) is 0.532. The third kappa shape index (κ3) is 6.72. The summed E-state index contributed by atoms with van der Waals surface area (Å²) in [6, 6.07) is -0.711. The van der Waals surface area contributed by atoms with Gasteiger partial charge in [0.15, 0.2) is 5.11 Å². The van der Waals surface area contributed by atoms with Gasteiger partial charge in [-0.2, -0.15) is 0 Å². The predicted octanol–water partition coefficient (Wildman–Crippen LogP) is -0.0364. The highest BCUT2D eigenvalue weighted by molar-refractivity contribution is 7.80. The van der Waals surface area contributed by atoms with E-state index >= 15 is 0 Å². The van der Waals surface area contributed by atoms with Crippen LogP contribution in [-0.4, -0.2) is 43.4 Å². The van der Waals surface area contributed by atoms with Crippen LogP contribution < -0.4 is 10.6 Å². The van der Waals surface area contributed by atoms with Crippen molar-refractivity contribution in [1.29, 1.82) is 0 Å². The zero-order chi connectivity index (χ0) is 13.4. The third-order valence-electron chi connectivity index (χ3n) is 1.81. The van der Waals surface area contributed by atoms with E-state index in [2.05, 4.69) is 20.1 Å². The number of carbonyl (C=O) groups excluding carboxylic acids is 2. The standard InChI is InChI=1S/C10H18N2O4S/c1-6(2)11-10(17)12-7(9(14)16-4)5-8(13)15-3/h6-7H,5H2,1-4H3,(H2,11,12,17). The molecule has 0 rings (SSSR count). The molecule has 0 bridgehead atoms. The maximum absolute atomic E-state index is 11.4. The van der Waals surface area contributed by atoms with Crippen LogP contribution in [-0.2, 0) is 19.1 Å². The molecule has 6 nitrogen and oxygen atoms in total. The lowest BCUT2D eigenvalue weighted by atomic mass is 10.2. The normalized spacial score (nSPS) is 11.6. The highest BCUT2D eigenvalue weighted by atomic mass is 32.1. The Kier molecular flexibility index (Phi) is 7.20. The highest BCUT2D eigenvalue weighted by Crippen LogP contribution is 1.97. The molecule has 0 aromatic heterocycles. The van der Waals surface area contributed by atoms with Crippen LogP contribution in [0.2, 0.25) is 0 Å². The minimum atomic E-state index is -0.841. The molecule has 17 heavy (non-hydrogen) atoms. The van der Waals surface area contributed by atoms with E-state index in [9.17, 15) is 9.59 Å². The van der Waals surface area contributed by atoms with Gasteiger partial charge in [0.25, 0.3) is 0 Å². The third-order valence-corrected chi connectivity index (χ3v) is 2.04. The minimum Gasteiger partial charge on any atom is -0.469 e. The van der Waals surface area contributed by atoms with Gasteiger partial charge in [-0.25, -0.2) is 4.79 Å². The molecule has 1 unspecified atom stereocenters. The van der Waals surface area contributed by atoms with Crippen molar-refractivity contribution in [1.82, 2.24) is 10.6 Å². The Morgan fingerprint density at radius 1 is 1.18 bits per heavy atom. The zero-order valence-corrected chi connectivity index (χ0v) is 11.2. The van der Waals surface area contributed by atoms with E-state index in [0.717, 1.165) is 0 Å². The van der Waals surface area contributed by atoms with Crippen molar-refractivity contribution in [2.24, 2.45) is 0 Å². The van der Waals surface area contributed by atoms with Gasteiger partial charge in [-0.1, -0.05) is 0 Å². The molecule has 1 atom stereocenters. The summed E-state index contributed by atoms with van der Waals surface area (Å²) in [4.78, 5) is 22.5. The van der Waals surface area contributed by atoms with Gasteiger partial charge in [-0.05, 0) is 26.1 Å². The van der Waals surface area contributed by atoms with E-state index in [0.29, 0.717) is 5.11 Å². The summed E-state index contributed by atoms with van der Waals surface area (Å²) in [7, 11) is 2.49. The molecule has 2 N–H and O–H groups in total. The molecule has 0 aromatic carbocycles. The van der Waals surface area contributed by atoms with Gasteiger partial charge in [0.05, 0.1) is 20.6 Å². The minimum absolute atomic E-state index is 0.131. The van der Waals surface area contributed by atoms with Crippen LogP contribution in [0.25, 0.3) is 0 Å². The summed E-state index contributed by atoms with van der Waals surface area (Å²) in [6.07, 6.45) is -0.136. The zero-order valence-electron chi connectivity index (χ0n) is 10.4. The fourth-order valence-corrected chi connectivity index (χ4v) is 1.43. The Morgan fingerprint density at radius 3 is 2.18 bits per heavy atom. The summed E-state index contributed by atoms with van der Waals surface area (Å²) in [5.41, 5.74) is 0. The van der Waals surface area contributed by atoms with E-state index < -0.39 is 18.0 Å². The van der Waals surface area contributed by atoms with Crippen LogP contribution in [0.3, 0.4) is 0 Å². The van der Waals surface area contributed by atoms with Crippen molar-refractivity contribution in [2.75, 3.05) is 14.2 Å². The van der Waals surface area contributed by atoms with Gasteiger partial charge in [0.2, 0.25) is 0 Å². The molecule has 0 amide bonds. The molecule has 0 aromatic rings. The number of rotatable bonds is 5. The highest BCUT2D eigenvalue weighted by Gasteiger charge is 2.23. The number of carbonyl (C=O) groups is 2. The van der Waals surface area contributed by atoms with Gasteiger partial charge in [0, 0.05) is 6.04 Å². The Bertz CT molecular complexity index is 294. The molecular weight excluding hydrogens is 244 g/mol. The number of hydrogen-bond donors (Lipinski definition) is 2. The van der Waals surface area contributed by atoms with Crippen molar-refractivity contribution in [3.8, 4) is 0 Å². The molecule has 0 heterocycles. The van der Waals surface area contributed by atoms with Crippen molar-refractivity contribution in [2.45, 2.75) is 32.4 Å². The molecule has 0 aliphatic heterocycles. The van der Waals surface area contributed by atoms with Crippen LogP contribution in [0.4, 0.5) is 0 Å². The Morgan fingerprint density at radius 2 is 1.76 bits per heavy atom. The predicted molar refractivity (Wildman–Crippen MR) is 66.4 cm³/mol. The molecule has 0 saturated heterocycles. The summed E-state index contributed by atoms with van der Waals surface area (Å²) in [5, 5.41) is 5.90. The Labute approximate surface area is 106 Å². The molecule has 0 aliphatic carbocycles. The maximum atomic E-state index is 11.4. The average Bonchev–Trinajstić information content (AvgIpc) is 2.25. The van der Waals surface area contributed by atoms with E-state index in [1.165, 1.54) is 14.2 Å². The van der Waals surface area contributed by atoms with Gasteiger partial charge >= 0.3 is 11.9 Å². The first kappa shape index (κ1) is 15.6. The topological polar surface area (TPSA) is 76.7 Å². The fraction of sp³-hybridized carbons (Fsp3) is 0.700. The number of methoxy groups -OCH3 is 2. The van der Waals surface area contributed by atoms with Gasteiger partial charge in [-0.3, -0.25) is 4.79 Å². The van der Waals surface area contributed by atoms with Crippen LogP contribution >= 0.6 is 12.2 Å². The van der Waals surface area contributed by atoms with Crippen LogP contribution in [0.1, 0.15) is 20.3 Å². The molecule has 0 aliphatic rings. The van der Waals surface area contributed by atoms with Gasteiger partial charge < -0.3 is 20.1 Å². The first-order chi connectivity index (χ1) is 7.90. The summed E-state index contributed by atoms with van der Waals surface area (Å²) in [6.45, 7) is 3.81. The van der Waals surface area contributed by atoms with Crippen molar-refractivity contribution < 1.29 is 19.1 Å². The van der Waals surface area contributed by atoms with Crippen LogP contribution in [0.15, 0.2) is 0 Å². The number of thiocarbonyl (C=S) groups is 1. The smallest absolute Gasteiger partial charge is 0.328 e. The summed E-state index contributed by atoms with van der Waals surface area (Å²) < 4.78 is 9.05. The molecule has 98 valence electrons. The number of ether oxygens (including phenoxy) is 2. The second kappa shape index (κ2) is 7.83. The summed E-state index contributed by atoms with van der Waals surface area (Å²) >= 11 is 4.98. The number of esters is 2. The van der Waals surface area contributed by atoms with Crippen LogP contribution in [0.5, 0.6) is 0 Å². The largest absolute Gasteiger partial charge is 0.469 e. The van der Waals surface area contributed by atoms with E-state index in [1.54, 1.807) is 0 Å².